The number of nitrogens with zero attached hydrogens (tertiary/aromatic N) is 1. The summed E-state index contributed by atoms with van der Waals surface area (Å²) in [6, 6.07) is 0.134. The highest BCUT2D eigenvalue weighted by Crippen LogP contribution is 2.23. The zero-order valence-electron chi connectivity index (χ0n) is 18.2. The van der Waals surface area contributed by atoms with Crippen molar-refractivity contribution in [1.82, 2.24) is 4.90 Å². The number of unbranched alkanes of at least 4 members (excludes halogenated alkanes) is 11. The van der Waals surface area contributed by atoms with Gasteiger partial charge in [-0.3, -0.25) is 9.59 Å². The first kappa shape index (κ1) is 23.9. The molecule has 1 rings (SSSR count). The second-order valence-corrected chi connectivity index (χ2v) is 8.25. The first-order valence-electron chi connectivity index (χ1n) is 11.6. The van der Waals surface area contributed by atoms with E-state index in [0.717, 1.165) is 19.3 Å². The van der Waals surface area contributed by atoms with Crippen molar-refractivity contribution in [3.63, 3.8) is 0 Å². The van der Waals surface area contributed by atoms with Crippen molar-refractivity contribution < 1.29 is 9.59 Å². The van der Waals surface area contributed by atoms with E-state index in [0.29, 0.717) is 13.0 Å². The summed E-state index contributed by atoms with van der Waals surface area (Å²) in [5.41, 5.74) is 1.29. The molecule has 1 heterocycles. The van der Waals surface area contributed by atoms with Crippen LogP contribution in [0.25, 0.3) is 0 Å². The number of allylic oxidation sites excluding steroid dienone is 1. The molecule has 1 aliphatic heterocycles. The molecule has 0 aromatic rings. The lowest BCUT2D eigenvalue weighted by Gasteiger charge is -2.28. The number of carbonyl (C=O) groups is 2. The fourth-order valence-electron chi connectivity index (χ4n) is 4.03. The number of hydrogen-bond donors (Lipinski definition) is 0. The molecule has 1 atom stereocenters. The van der Waals surface area contributed by atoms with Gasteiger partial charge in [-0.05, 0) is 26.2 Å². The third kappa shape index (κ3) is 9.58. The largest absolute Gasteiger partial charge is 0.329 e. The average molecular weight is 378 g/mol. The Morgan fingerprint density at radius 3 is 2.00 bits per heavy atom. The van der Waals surface area contributed by atoms with Crippen LogP contribution < -0.4 is 0 Å². The lowest BCUT2D eigenvalue weighted by atomic mass is 9.97. The number of likely N-dealkylation sites (tertiary alicyclic amines) is 1. The van der Waals surface area contributed by atoms with Crippen LogP contribution in [-0.2, 0) is 9.59 Å². The second-order valence-electron chi connectivity index (χ2n) is 8.25. The van der Waals surface area contributed by atoms with Crippen LogP contribution in [0.2, 0.25) is 0 Å². The molecule has 3 heteroatoms. The van der Waals surface area contributed by atoms with Crippen molar-refractivity contribution in [1.29, 1.82) is 0 Å². The summed E-state index contributed by atoms with van der Waals surface area (Å²) in [6.45, 7) is 7.26. The zero-order valence-corrected chi connectivity index (χ0v) is 18.2. The molecule has 0 saturated carbocycles. The van der Waals surface area contributed by atoms with Crippen LogP contribution >= 0.6 is 0 Å². The van der Waals surface area contributed by atoms with Crippen LogP contribution in [0.4, 0.5) is 0 Å². The van der Waals surface area contributed by atoms with Crippen LogP contribution in [0.5, 0.6) is 0 Å². The van der Waals surface area contributed by atoms with Gasteiger partial charge in [0.1, 0.15) is 0 Å². The number of rotatable bonds is 16. The van der Waals surface area contributed by atoms with E-state index in [1.54, 1.807) is 0 Å². The van der Waals surface area contributed by atoms with Crippen LogP contribution in [0.1, 0.15) is 117 Å². The van der Waals surface area contributed by atoms with Gasteiger partial charge < -0.3 is 4.90 Å². The summed E-state index contributed by atoms with van der Waals surface area (Å²) < 4.78 is 0. The van der Waals surface area contributed by atoms with Crippen LogP contribution in [0, 0.1) is 0 Å². The van der Waals surface area contributed by atoms with Gasteiger partial charge in [-0.25, -0.2) is 0 Å². The molecule has 27 heavy (non-hydrogen) atoms. The summed E-state index contributed by atoms with van der Waals surface area (Å²) in [4.78, 5) is 25.8. The van der Waals surface area contributed by atoms with Crippen molar-refractivity contribution in [2.24, 2.45) is 0 Å². The average Bonchev–Trinajstić information content (AvgIpc) is 2.99. The van der Waals surface area contributed by atoms with Gasteiger partial charge in [-0.15, -0.1) is 0 Å². The van der Waals surface area contributed by atoms with Crippen molar-refractivity contribution in [3.05, 3.63) is 11.6 Å². The van der Waals surface area contributed by atoms with E-state index in [-0.39, 0.29) is 17.7 Å². The fraction of sp³-hybridized carbons (Fsp3) is 0.833. The van der Waals surface area contributed by atoms with Gasteiger partial charge >= 0.3 is 0 Å². The van der Waals surface area contributed by atoms with Crippen LogP contribution in [-0.4, -0.2) is 29.2 Å². The zero-order chi connectivity index (χ0) is 19.9. The summed E-state index contributed by atoms with van der Waals surface area (Å²) in [6.07, 6.45) is 20.3. The predicted molar refractivity (Wildman–Crippen MR) is 115 cm³/mol. The Bertz CT molecular complexity index is 455. The van der Waals surface area contributed by atoms with Crippen molar-refractivity contribution in [2.45, 2.75) is 123 Å². The van der Waals surface area contributed by atoms with Gasteiger partial charge in [0.15, 0.2) is 0 Å². The monoisotopic (exact) mass is 377 g/mol. The lowest BCUT2D eigenvalue weighted by Crippen LogP contribution is -2.38. The Hall–Kier alpha value is -1.12. The van der Waals surface area contributed by atoms with Gasteiger partial charge in [-0.1, -0.05) is 96.1 Å². The van der Waals surface area contributed by atoms with E-state index in [1.807, 2.05) is 4.90 Å². The standard InChI is InChI=1S/C24H43NO2/c1-4-6-8-10-11-12-14-16-18-22(25-20-19-23(26)24(25)27)21(3)17-15-13-9-7-5-2/h17,22H,4-16,18-20H2,1-3H3. The van der Waals surface area contributed by atoms with E-state index in [9.17, 15) is 9.59 Å². The number of carbonyl (C=O) groups excluding carboxylic acids is 2. The van der Waals surface area contributed by atoms with E-state index >= 15 is 0 Å². The van der Waals surface area contributed by atoms with Crippen molar-refractivity contribution in [3.8, 4) is 0 Å². The molecule has 1 saturated heterocycles. The minimum absolute atomic E-state index is 0.134. The molecular weight excluding hydrogens is 334 g/mol. The number of Topliss-reactive ketones (excluding diaryl/α,β-unsaturated/α-hetero) is 1. The highest BCUT2D eigenvalue weighted by Gasteiger charge is 2.34. The van der Waals surface area contributed by atoms with E-state index in [1.165, 1.54) is 76.2 Å². The highest BCUT2D eigenvalue weighted by atomic mass is 16.2. The Morgan fingerprint density at radius 1 is 0.889 bits per heavy atom. The number of hydrogen-bond acceptors (Lipinski definition) is 2. The smallest absolute Gasteiger partial charge is 0.290 e. The Morgan fingerprint density at radius 2 is 1.44 bits per heavy atom. The molecular formula is C24H43NO2. The lowest BCUT2D eigenvalue weighted by molar-refractivity contribution is -0.140. The van der Waals surface area contributed by atoms with E-state index in [2.05, 4.69) is 26.8 Å². The predicted octanol–water partition coefficient (Wildman–Crippen LogP) is 6.60. The summed E-state index contributed by atoms with van der Waals surface area (Å²) in [5.74, 6) is -0.454. The SMILES string of the molecule is CCCCCCC=C(C)C(CCCCCCCCCC)N1CCC(=O)C1=O. The molecule has 3 nitrogen and oxygen atoms in total. The van der Waals surface area contributed by atoms with Gasteiger partial charge in [0, 0.05) is 13.0 Å². The molecule has 1 aliphatic rings. The molecule has 0 N–H and O–H groups in total. The Kier molecular flexibility index (Phi) is 13.2. The van der Waals surface area contributed by atoms with Crippen molar-refractivity contribution in [2.75, 3.05) is 6.54 Å². The topological polar surface area (TPSA) is 37.4 Å². The van der Waals surface area contributed by atoms with E-state index in [4.69, 9.17) is 0 Å². The molecule has 1 amide bonds. The molecule has 0 spiro atoms. The summed E-state index contributed by atoms with van der Waals surface area (Å²) in [5, 5.41) is 0. The summed E-state index contributed by atoms with van der Waals surface area (Å²) >= 11 is 0. The Labute approximate surface area is 168 Å². The third-order valence-corrected chi connectivity index (χ3v) is 5.84. The van der Waals surface area contributed by atoms with Crippen LogP contribution in [0.15, 0.2) is 11.6 Å². The quantitative estimate of drug-likeness (QED) is 0.172. The van der Waals surface area contributed by atoms with Gasteiger partial charge in [0.05, 0.1) is 6.04 Å². The maximum absolute atomic E-state index is 12.3. The van der Waals surface area contributed by atoms with Crippen LogP contribution in [0.3, 0.4) is 0 Å². The number of amides is 1. The molecule has 1 fully saturated rings. The third-order valence-electron chi connectivity index (χ3n) is 5.84. The number of ketones is 1. The van der Waals surface area contributed by atoms with Gasteiger partial charge in [-0.2, -0.15) is 0 Å². The molecule has 0 bridgehead atoms. The maximum atomic E-state index is 12.3. The van der Waals surface area contributed by atoms with E-state index < -0.39 is 0 Å². The first-order valence-corrected chi connectivity index (χ1v) is 11.6. The minimum Gasteiger partial charge on any atom is -0.329 e. The molecule has 0 aromatic heterocycles. The van der Waals surface area contributed by atoms with Gasteiger partial charge in [0.2, 0.25) is 5.78 Å². The highest BCUT2D eigenvalue weighted by molar-refractivity contribution is 6.38. The molecule has 156 valence electrons. The normalized spacial score (nSPS) is 16.4. The van der Waals surface area contributed by atoms with Gasteiger partial charge in [0.25, 0.3) is 5.91 Å². The summed E-state index contributed by atoms with van der Waals surface area (Å²) in [7, 11) is 0. The second kappa shape index (κ2) is 14.9. The maximum Gasteiger partial charge on any atom is 0.290 e. The molecule has 0 aliphatic carbocycles. The van der Waals surface area contributed by atoms with Crippen molar-refractivity contribution >= 4 is 11.7 Å². The molecule has 0 aromatic carbocycles. The fourth-order valence-corrected chi connectivity index (χ4v) is 4.03. The minimum atomic E-state index is -0.252. The molecule has 1 unspecified atom stereocenters. The molecule has 0 radical (unpaired) electrons. The Balaban J connectivity index is 2.45. The first-order chi connectivity index (χ1) is 13.1.